The summed E-state index contributed by atoms with van der Waals surface area (Å²) in [6.45, 7) is 8.32. The molecule has 2 saturated heterocycles. The van der Waals surface area contributed by atoms with Crippen LogP contribution in [0.5, 0.6) is 0 Å². The first-order chi connectivity index (χ1) is 13.2. The minimum atomic E-state index is -0.350. The van der Waals surface area contributed by atoms with Crippen molar-refractivity contribution in [1.82, 2.24) is 4.90 Å². The Morgan fingerprint density at radius 2 is 1.67 bits per heavy atom. The molecule has 1 N–H and O–H groups in total. The first kappa shape index (κ1) is 18.0. The zero-order valence-electron chi connectivity index (χ0n) is 16.0. The Labute approximate surface area is 160 Å². The van der Waals surface area contributed by atoms with Crippen molar-refractivity contribution in [3.63, 3.8) is 0 Å². The molecule has 0 aliphatic carbocycles. The third-order valence-electron chi connectivity index (χ3n) is 6.02. The van der Waals surface area contributed by atoms with E-state index in [0.717, 1.165) is 52.2 Å². The lowest BCUT2D eigenvalue weighted by Gasteiger charge is -2.38. The smallest absolute Gasteiger partial charge is 0.253 e. The molecule has 0 radical (unpaired) electrons. The van der Waals surface area contributed by atoms with Gasteiger partial charge in [-0.25, -0.2) is 0 Å². The molecule has 2 aliphatic rings. The molecule has 2 fully saturated rings. The molecule has 2 heterocycles. The molecular formula is C21H28N4O2. The summed E-state index contributed by atoms with van der Waals surface area (Å²) in [6.07, 6.45) is 2.36. The normalized spacial score (nSPS) is 21.1. The van der Waals surface area contributed by atoms with Crippen molar-refractivity contribution >= 4 is 17.1 Å². The Kier molecular flexibility index (Phi) is 5.16. The Morgan fingerprint density at radius 3 is 2.37 bits per heavy atom. The van der Waals surface area contributed by atoms with Crippen molar-refractivity contribution in [3.8, 4) is 0 Å². The van der Waals surface area contributed by atoms with Crippen LogP contribution >= 0.6 is 0 Å². The van der Waals surface area contributed by atoms with E-state index in [9.17, 15) is 9.59 Å². The van der Waals surface area contributed by atoms with Crippen LogP contribution in [0.4, 0.5) is 17.1 Å². The second-order valence-electron chi connectivity index (χ2n) is 7.50. The van der Waals surface area contributed by atoms with Crippen LogP contribution in [0.2, 0.25) is 0 Å². The van der Waals surface area contributed by atoms with Gasteiger partial charge in [0.05, 0.1) is 0 Å². The summed E-state index contributed by atoms with van der Waals surface area (Å²) < 4.78 is 0. The van der Waals surface area contributed by atoms with Crippen LogP contribution in [0.15, 0.2) is 39.9 Å². The van der Waals surface area contributed by atoms with Gasteiger partial charge in [-0.3, -0.25) is 14.5 Å². The van der Waals surface area contributed by atoms with Gasteiger partial charge in [0.15, 0.2) is 0 Å². The summed E-state index contributed by atoms with van der Waals surface area (Å²) in [5, 5.41) is 3.31. The standard InChI is InChI=1S/C21H28N4O2/c1-2-23-10-6-9-17(23)15-22-18-19(21(27)20(18)26)25-13-11-24(12-14-25)16-7-4-3-5-8-16/h3-5,7-8,17,22H,2,6,9-15H2,1H3. The number of anilines is 3. The van der Waals surface area contributed by atoms with Crippen LogP contribution in [0.3, 0.4) is 0 Å². The van der Waals surface area contributed by atoms with Gasteiger partial charge in [0.1, 0.15) is 11.4 Å². The highest BCUT2D eigenvalue weighted by atomic mass is 16.2. The summed E-state index contributed by atoms with van der Waals surface area (Å²) in [7, 11) is 0. The van der Waals surface area contributed by atoms with Crippen molar-refractivity contribution in [1.29, 1.82) is 0 Å². The number of benzene rings is 1. The van der Waals surface area contributed by atoms with Crippen LogP contribution in [-0.2, 0) is 0 Å². The van der Waals surface area contributed by atoms with Crippen LogP contribution in [0.1, 0.15) is 19.8 Å². The van der Waals surface area contributed by atoms with Gasteiger partial charge >= 0.3 is 0 Å². The van der Waals surface area contributed by atoms with Crippen molar-refractivity contribution in [2.45, 2.75) is 25.8 Å². The summed E-state index contributed by atoms with van der Waals surface area (Å²) in [4.78, 5) is 31.2. The van der Waals surface area contributed by atoms with Crippen LogP contribution in [0.25, 0.3) is 0 Å². The molecular weight excluding hydrogens is 340 g/mol. The van der Waals surface area contributed by atoms with Gasteiger partial charge in [-0.2, -0.15) is 0 Å². The van der Waals surface area contributed by atoms with E-state index < -0.39 is 0 Å². The molecule has 0 amide bonds. The summed E-state index contributed by atoms with van der Waals surface area (Å²) in [5.41, 5.74) is 1.67. The average molecular weight is 368 g/mol. The first-order valence-corrected chi connectivity index (χ1v) is 10.0. The summed E-state index contributed by atoms with van der Waals surface area (Å²) in [5.74, 6) is 0. The number of rotatable bonds is 6. The van der Waals surface area contributed by atoms with Gasteiger partial charge in [0.25, 0.3) is 10.9 Å². The zero-order valence-corrected chi connectivity index (χ0v) is 16.0. The molecule has 0 bridgehead atoms. The van der Waals surface area contributed by atoms with E-state index in [4.69, 9.17) is 0 Å². The summed E-state index contributed by atoms with van der Waals surface area (Å²) in [6, 6.07) is 10.8. The van der Waals surface area contributed by atoms with Crippen molar-refractivity contribution in [3.05, 3.63) is 50.8 Å². The van der Waals surface area contributed by atoms with Gasteiger partial charge in [-0.15, -0.1) is 0 Å². The minimum absolute atomic E-state index is 0.329. The second-order valence-corrected chi connectivity index (χ2v) is 7.50. The first-order valence-electron chi connectivity index (χ1n) is 10.0. The van der Waals surface area contributed by atoms with E-state index in [2.05, 4.69) is 39.1 Å². The molecule has 27 heavy (non-hydrogen) atoms. The molecule has 0 saturated carbocycles. The third-order valence-corrected chi connectivity index (χ3v) is 6.02. The number of piperazine rings is 1. The highest BCUT2D eigenvalue weighted by Gasteiger charge is 2.30. The van der Waals surface area contributed by atoms with Gasteiger partial charge < -0.3 is 15.1 Å². The lowest BCUT2D eigenvalue weighted by molar-refractivity contribution is 0.277. The van der Waals surface area contributed by atoms with Crippen molar-refractivity contribution in [2.24, 2.45) is 0 Å². The Morgan fingerprint density at radius 1 is 0.963 bits per heavy atom. The Hall–Kier alpha value is -2.34. The molecule has 2 aromatic rings. The van der Waals surface area contributed by atoms with Crippen molar-refractivity contribution in [2.75, 3.05) is 60.9 Å². The molecule has 4 rings (SSSR count). The highest BCUT2D eigenvalue weighted by molar-refractivity contribution is 5.75. The molecule has 0 aromatic heterocycles. The van der Waals surface area contributed by atoms with Crippen LogP contribution in [-0.4, -0.2) is 56.8 Å². The van der Waals surface area contributed by atoms with Gasteiger partial charge in [0, 0.05) is 44.5 Å². The molecule has 2 aliphatic heterocycles. The molecule has 0 spiro atoms. The van der Waals surface area contributed by atoms with E-state index in [1.165, 1.54) is 12.1 Å². The lowest BCUT2D eigenvalue weighted by Crippen LogP contribution is -2.52. The molecule has 1 unspecified atom stereocenters. The van der Waals surface area contributed by atoms with E-state index >= 15 is 0 Å². The fraction of sp³-hybridized carbons (Fsp3) is 0.524. The predicted molar refractivity (Wildman–Crippen MR) is 111 cm³/mol. The highest BCUT2D eigenvalue weighted by Crippen LogP contribution is 2.25. The quantitative estimate of drug-likeness (QED) is 0.780. The SMILES string of the molecule is CCN1CCCC1CNc1c(N2CCN(c3ccccc3)CC2)c(=O)c1=O. The number of hydrogen-bond donors (Lipinski definition) is 1. The summed E-state index contributed by atoms with van der Waals surface area (Å²) >= 11 is 0. The van der Waals surface area contributed by atoms with E-state index in [-0.39, 0.29) is 10.9 Å². The van der Waals surface area contributed by atoms with Crippen molar-refractivity contribution < 1.29 is 0 Å². The molecule has 144 valence electrons. The maximum atomic E-state index is 12.2. The minimum Gasteiger partial charge on any atom is -0.378 e. The number of para-hydroxylation sites is 1. The number of hydrogen-bond acceptors (Lipinski definition) is 6. The van der Waals surface area contributed by atoms with Gasteiger partial charge in [0.2, 0.25) is 0 Å². The number of likely N-dealkylation sites (tertiary alicyclic amines) is 1. The zero-order chi connectivity index (χ0) is 18.8. The average Bonchev–Trinajstić information content (AvgIpc) is 3.19. The number of nitrogens with one attached hydrogen (secondary N) is 1. The molecule has 1 atom stereocenters. The van der Waals surface area contributed by atoms with E-state index in [1.807, 2.05) is 18.2 Å². The number of likely N-dealkylation sites (N-methyl/N-ethyl adjacent to an activating group) is 1. The monoisotopic (exact) mass is 368 g/mol. The third kappa shape index (κ3) is 3.46. The fourth-order valence-corrected chi connectivity index (χ4v) is 4.43. The largest absolute Gasteiger partial charge is 0.378 e. The predicted octanol–water partition coefficient (Wildman–Crippen LogP) is 1.51. The fourth-order valence-electron chi connectivity index (χ4n) is 4.43. The Bertz CT molecular complexity index is 836. The number of nitrogens with zero attached hydrogens (tertiary/aromatic N) is 3. The molecule has 6 heteroatoms. The maximum absolute atomic E-state index is 12.2. The van der Waals surface area contributed by atoms with E-state index in [0.29, 0.717) is 17.4 Å². The molecule has 2 aromatic carbocycles. The second kappa shape index (κ2) is 7.72. The Balaban J connectivity index is 1.39. The topological polar surface area (TPSA) is 55.9 Å². The van der Waals surface area contributed by atoms with Crippen LogP contribution < -0.4 is 26.0 Å². The van der Waals surface area contributed by atoms with Gasteiger partial charge in [-0.1, -0.05) is 25.1 Å². The van der Waals surface area contributed by atoms with Crippen LogP contribution in [0, 0.1) is 0 Å². The molecule has 6 nitrogen and oxygen atoms in total. The van der Waals surface area contributed by atoms with Gasteiger partial charge in [-0.05, 0) is 38.1 Å². The maximum Gasteiger partial charge on any atom is 0.253 e. The lowest BCUT2D eigenvalue weighted by atomic mass is 10.1. The van der Waals surface area contributed by atoms with E-state index in [1.54, 1.807) is 0 Å².